The molecular formula is C23H21N3O. The van der Waals surface area contributed by atoms with Crippen molar-refractivity contribution < 1.29 is 4.79 Å². The molecule has 0 aromatic heterocycles. The van der Waals surface area contributed by atoms with Gasteiger partial charge in [-0.25, -0.2) is 0 Å². The van der Waals surface area contributed by atoms with Crippen molar-refractivity contribution in [2.75, 3.05) is 6.54 Å². The second-order valence-corrected chi connectivity index (χ2v) is 7.86. The standard InChI is InChI=1S/C23H21N3O/c1-14-9-17-6-7-25-21(17)12-19(14)23(27)26-8-2-3-18-20-10-15(13-24)4-5-16(20)11-22(18)26/h4-5,7,9-10,12,18,22H,2-3,6,8,11H2,1H3/t18-,22+/m1/s1. The number of carbonyl (C=O) groups excluding carboxylic acids is 1. The predicted molar refractivity (Wildman–Crippen MR) is 105 cm³/mol. The molecule has 134 valence electrons. The minimum absolute atomic E-state index is 0.125. The molecule has 2 atom stereocenters. The van der Waals surface area contributed by atoms with Crippen molar-refractivity contribution in [2.24, 2.45) is 4.99 Å². The highest BCUT2D eigenvalue weighted by Crippen LogP contribution is 2.43. The van der Waals surface area contributed by atoms with Gasteiger partial charge in [0.1, 0.15) is 0 Å². The number of fused-ring (bicyclic) bond motifs is 4. The lowest BCUT2D eigenvalue weighted by atomic mass is 9.87. The van der Waals surface area contributed by atoms with Crippen LogP contribution in [0.2, 0.25) is 0 Å². The van der Waals surface area contributed by atoms with E-state index in [0.717, 1.165) is 49.0 Å². The Hall–Kier alpha value is -2.93. The number of likely N-dealkylation sites (tertiary alicyclic amines) is 1. The Morgan fingerprint density at radius 3 is 3.00 bits per heavy atom. The number of hydrogen-bond acceptors (Lipinski definition) is 3. The highest BCUT2D eigenvalue weighted by atomic mass is 16.2. The molecule has 2 aromatic rings. The molecule has 0 saturated carbocycles. The summed E-state index contributed by atoms with van der Waals surface area (Å²) >= 11 is 0. The molecular weight excluding hydrogens is 334 g/mol. The number of amides is 1. The second-order valence-electron chi connectivity index (χ2n) is 7.86. The van der Waals surface area contributed by atoms with E-state index in [0.29, 0.717) is 11.5 Å². The van der Waals surface area contributed by atoms with Crippen molar-refractivity contribution in [1.82, 2.24) is 4.90 Å². The molecule has 2 aromatic carbocycles. The van der Waals surface area contributed by atoms with Gasteiger partial charge in [-0.05, 0) is 66.6 Å². The maximum absolute atomic E-state index is 13.5. The van der Waals surface area contributed by atoms with Crippen LogP contribution in [-0.2, 0) is 12.8 Å². The van der Waals surface area contributed by atoms with Gasteiger partial charge >= 0.3 is 0 Å². The molecule has 2 aliphatic heterocycles. The lowest BCUT2D eigenvalue weighted by Gasteiger charge is -2.38. The summed E-state index contributed by atoms with van der Waals surface area (Å²) in [6, 6.07) is 12.5. The largest absolute Gasteiger partial charge is 0.335 e. The van der Waals surface area contributed by atoms with E-state index in [1.54, 1.807) is 0 Å². The summed E-state index contributed by atoms with van der Waals surface area (Å²) in [4.78, 5) is 20.0. The van der Waals surface area contributed by atoms with Crippen molar-refractivity contribution in [3.8, 4) is 6.07 Å². The highest BCUT2D eigenvalue weighted by Gasteiger charge is 2.41. The van der Waals surface area contributed by atoms with Gasteiger partial charge in [0.2, 0.25) is 0 Å². The van der Waals surface area contributed by atoms with Crippen molar-refractivity contribution in [3.63, 3.8) is 0 Å². The van der Waals surface area contributed by atoms with Crippen molar-refractivity contribution >= 4 is 17.8 Å². The molecule has 2 heterocycles. The lowest BCUT2D eigenvalue weighted by molar-refractivity contribution is 0.0594. The number of rotatable bonds is 1. The number of aryl methyl sites for hydroxylation is 1. The summed E-state index contributed by atoms with van der Waals surface area (Å²) in [5.41, 5.74) is 7.23. The van der Waals surface area contributed by atoms with E-state index in [1.807, 2.05) is 31.3 Å². The van der Waals surface area contributed by atoms with E-state index in [2.05, 4.69) is 28.1 Å². The Bertz CT molecular complexity index is 1030. The van der Waals surface area contributed by atoms with Crippen molar-refractivity contribution in [2.45, 2.75) is 44.6 Å². The number of hydrogen-bond donors (Lipinski definition) is 0. The molecule has 1 saturated heterocycles. The number of aliphatic imine (C=N–C) groups is 1. The third-order valence-corrected chi connectivity index (χ3v) is 6.34. The molecule has 3 aliphatic rings. The van der Waals surface area contributed by atoms with Crippen LogP contribution in [0.25, 0.3) is 0 Å². The fourth-order valence-corrected chi connectivity index (χ4v) is 5.01. The Morgan fingerprint density at radius 1 is 1.26 bits per heavy atom. The van der Waals surface area contributed by atoms with Gasteiger partial charge in [-0.1, -0.05) is 12.1 Å². The normalized spacial score (nSPS) is 22.1. The van der Waals surface area contributed by atoms with Crippen LogP contribution in [0.1, 0.15) is 56.9 Å². The summed E-state index contributed by atoms with van der Waals surface area (Å²) in [5.74, 6) is 0.471. The quantitative estimate of drug-likeness (QED) is 0.774. The molecule has 4 heteroatoms. The summed E-state index contributed by atoms with van der Waals surface area (Å²) in [6.45, 7) is 2.83. The fraction of sp³-hybridized carbons (Fsp3) is 0.348. The molecule has 0 unspecified atom stereocenters. The summed E-state index contributed by atoms with van der Waals surface area (Å²) in [7, 11) is 0. The van der Waals surface area contributed by atoms with E-state index >= 15 is 0 Å². The molecule has 27 heavy (non-hydrogen) atoms. The lowest BCUT2D eigenvalue weighted by Crippen LogP contribution is -2.46. The first kappa shape index (κ1) is 16.3. The SMILES string of the molecule is Cc1cc2c(cc1C(=O)N1CCC[C@@H]3c4cc(C#N)ccc4C[C@@H]31)N=CC2. The summed E-state index contributed by atoms with van der Waals surface area (Å²) < 4.78 is 0. The van der Waals surface area contributed by atoms with Crippen LogP contribution in [0.5, 0.6) is 0 Å². The molecule has 0 N–H and O–H groups in total. The smallest absolute Gasteiger partial charge is 0.254 e. The predicted octanol–water partition coefficient (Wildman–Crippen LogP) is 4.07. The van der Waals surface area contributed by atoms with E-state index in [9.17, 15) is 10.1 Å². The minimum Gasteiger partial charge on any atom is -0.335 e. The molecule has 0 radical (unpaired) electrons. The van der Waals surface area contributed by atoms with Gasteiger partial charge in [0.05, 0.1) is 17.3 Å². The monoisotopic (exact) mass is 355 g/mol. The van der Waals surface area contributed by atoms with Crippen LogP contribution < -0.4 is 0 Å². The molecule has 5 rings (SSSR count). The Labute approximate surface area is 159 Å². The highest BCUT2D eigenvalue weighted by molar-refractivity contribution is 5.98. The third kappa shape index (κ3) is 2.49. The van der Waals surface area contributed by atoms with Crippen LogP contribution in [0.15, 0.2) is 35.3 Å². The topological polar surface area (TPSA) is 56.5 Å². The number of piperidine rings is 1. The molecule has 1 amide bonds. The zero-order valence-electron chi connectivity index (χ0n) is 15.4. The maximum Gasteiger partial charge on any atom is 0.254 e. The Kier molecular flexibility index (Phi) is 3.65. The molecule has 1 aliphatic carbocycles. The number of carbonyl (C=O) groups is 1. The first-order valence-corrected chi connectivity index (χ1v) is 9.65. The van der Waals surface area contributed by atoms with E-state index < -0.39 is 0 Å². The van der Waals surface area contributed by atoms with Gasteiger partial charge in [0.15, 0.2) is 0 Å². The van der Waals surface area contributed by atoms with Crippen LogP contribution in [0, 0.1) is 18.3 Å². The third-order valence-electron chi connectivity index (χ3n) is 6.34. The Balaban J connectivity index is 1.49. The number of nitrogens with zero attached hydrogens (tertiary/aromatic N) is 3. The van der Waals surface area contributed by atoms with Gasteiger partial charge in [-0.3, -0.25) is 9.79 Å². The van der Waals surface area contributed by atoms with Crippen LogP contribution in [0.3, 0.4) is 0 Å². The number of nitriles is 1. The second kappa shape index (κ2) is 6.06. The molecule has 4 nitrogen and oxygen atoms in total. The van der Waals surface area contributed by atoms with E-state index in [1.165, 1.54) is 16.7 Å². The van der Waals surface area contributed by atoms with Gasteiger partial charge in [-0.15, -0.1) is 0 Å². The Morgan fingerprint density at radius 2 is 2.15 bits per heavy atom. The van der Waals surface area contributed by atoms with Crippen LogP contribution in [-0.4, -0.2) is 29.6 Å². The molecule has 1 fully saturated rings. The van der Waals surface area contributed by atoms with Crippen molar-refractivity contribution in [1.29, 1.82) is 5.26 Å². The maximum atomic E-state index is 13.5. The van der Waals surface area contributed by atoms with Gasteiger partial charge in [0, 0.05) is 36.7 Å². The van der Waals surface area contributed by atoms with Gasteiger partial charge in [0.25, 0.3) is 5.91 Å². The minimum atomic E-state index is 0.125. The molecule has 0 bridgehead atoms. The van der Waals surface area contributed by atoms with Crippen LogP contribution >= 0.6 is 0 Å². The summed E-state index contributed by atoms with van der Waals surface area (Å²) in [6.07, 6.45) is 5.75. The first-order valence-electron chi connectivity index (χ1n) is 9.65. The zero-order valence-corrected chi connectivity index (χ0v) is 15.4. The van der Waals surface area contributed by atoms with E-state index in [4.69, 9.17) is 0 Å². The molecule has 0 spiro atoms. The average Bonchev–Trinajstić information content (AvgIpc) is 3.29. The van der Waals surface area contributed by atoms with Crippen molar-refractivity contribution in [3.05, 3.63) is 63.7 Å². The van der Waals surface area contributed by atoms with Gasteiger partial charge < -0.3 is 4.90 Å². The fourth-order valence-electron chi connectivity index (χ4n) is 5.01. The number of benzene rings is 2. The summed E-state index contributed by atoms with van der Waals surface area (Å²) in [5, 5.41) is 9.24. The van der Waals surface area contributed by atoms with E-state index in [-0.39, 0.29) is 11.9 Å². The first-order chi connectivity index (χ1) is 13.2. The average molecular weight is 355 g/mol. The van der Waals surface area contributed by atoms with Crippen LogP contribution in [0.4, 0.5) is 5.69 Å². The van der Waals surface area contributed by atoms with Gasteiger partial charge in [-0.2, -0.15) is 5.26 Å². The zero-order chi connectivity index (χ0) is 18.5.